The summed E-state index contributed by atoms with van der Waals surface area (Å²) in [5, 5.41) is 0. The van der Waals surface area contributed by atoms with Gasteiger partial charge in [-0.15, -0.1) is 0 Å². The first-order valence-electron chi connectivity index (χ1n) is 3.79. The van der Waals surface area contributed by atoms with E-state index >= 15 is 0 Å². The number of rotatable bonds is 3. The van der Waals surface area contributed by atoms with Crippen molar-refractivity contribution < 1.29 is 0 Å². The Morgan fingerprint density at radius 1 is 1.22 bits per heavy atom. The van der Waals surface area contributed by atoms with Gasteiger partial charge in [0.15, 0.2) is 0 Å². The van der Waals surface area contributed by atoms with E-state index in [1.165, 1.54) is 6.42 Å². The van der Waals surface area contributed by atoms with Crippen LogP contribution in [-0.2, 0) is 0 Å². The van der Waals surface area contributed by atoms with Crippen LogP contribution in [0.5, 0.6) is 0 Å². The summed E-state index contributed by atoms with van der Waals surface area (Å²) in [5.41, 5.74) is 0. The van der Waals surface area contributed by atoms with Crippen LogP contribution in [0.1, 0.15) is 34.1 Å². The molecule has 0 spiro atoms. The van der Waals surface area contributed by atoms with Crippen molar-refractivity contribution in [1.82, 2.24) is 0 Å². The van der Waals surface area contributed by atoms with Crippen molar-refractivity contribution >= 4 is 0 Å². The topological polar surface area (TPSA) is 0 Å². The van der Waals surface area contributed by atoms with E-state index in [0.717, 1.165) is 11.8 Å². The van der Waals surface area contributed by atoms with Crippen LogP contribution >= 0.6 is 0 Å². The second kappa shape index (κ2) is 4.60. The van der Waals surface area contributed by atoms with Crippen molar-refractivity contribution in [3.05, 3.63) is 12.2 Å². The van der Waals surface area contributed by atoms with Crippen molar-refractivity contribution in [3.63, 3.8) is 0 Å². The molecule has 0 rings (SSSR count). The maximum atomic E-state index is 2.26. The Balaban J connectivity index is 3.38. The van der Waals surface area contributed by atoms with Gasteiger partial charge in [-0.25, -0.2) is 0 Å². The summed E-state index contributed by atoms with van der Waals surface area (Å²) in [7, 11) is 0. The van der Waals surface area contributed by atoms with Crippen LogP contribution in [-0.4, -0.2) is 0 Å². The molecular weight excluding hydrogens is 108 g/mol. The maximum absolute atomic E-state index is 2.26. The van der Waals surface area contributed by atoms with Crippen molar-refractivity contribution in [3.8, 4) is 0 Å². The molecule has 0 aliphatic heterocycles. The molecule has 0 amide bonds. The molecule has 0 bridgehead atoms. The molecule has 0 nitrogen and oxygen atoms in total. The lowest BCUT2D eigenvalue weighted by Gasteiger charge is -2.07. The quantitative estimate of drug-likeness (QED) is 0.509. The Kier molecular flexibility index (Phi) is 4.47. The third-order valence-corrected chi connectivity index (χ3v) is 1.36. The summed E-state index contributed by atoms with van der Waals surface area (Å²) in [6.45, 7) is 8.87. The first-order chi connectivity index (χ1) is 4.16. The molecule has 0 saturated heterocycles. The molecule has 0 aromatic heterocycles. The number of hydrogen-bond donors (Lipinski definition) is 0. The maximum Gasteiger partial charge on any atom is -0.0260 e. The van der Waals surface area contributed by atoms with Gasteiger partial charge in [0.2, 0.25) is 0 Å². The summed E-state index contributed by atoms with van der Waals surface area (Å²) in [6.07, 6.45) is 5.71. The average molecular weight is 126 g/mol. The Morgan fingerprint density at radius 2 is 1.78 bits per heavy atom. The third kappa shape index (κ3) is 5.61. The standard InChI is InChI=1S/C9H18/c1-5-6-9(4)7-8(2)3/h5-6,8-9H,7H2,1-4H3/b6-5+. The molecule has 9 heavy (non-hydrogen) atoms. The van der Waals surface area contributed by atoms with E-state index in [0.29, 0.717) is 0 Å². The lowest BCUT2D eigenvalue weighted by atomic mass is 9.99. The summed E-state index contributed by atoms with van der Waals surface area (Å²) in [6, 6.07) is 0. The molecule has 0 fully saturated rings. The van der Waals surface area contributed by atoms with Gasteiger partial charge in [-0.1, -0.05) is 32.9 Å². The second-order valence-corrected chi connectivity index (χ2v) is 3.13. The normalized spacial score (nSPS) is 15.2. The zero-order chi connectivity index (χ0) is 7.28. The molecule has 0 aromatic carbocycles. The van der Waals surface area contributed by atoms with Crippen LogP contribution < -0.4 is 0 Å². The largest absolute Gasteiger partial charge is 0.0914 e. The molecule has 1 unspecified atom stereocenters. The fraction of sp³-hybridized carbons (Fsp3) is 0.778. The first kappa shape index (κ1) is 8.74. The van der Waals surface area contributed by atoms with Gasteiger partial charge in [-0.2, -0.15) is 0 Å². The first-order valence-corrected chi connectivity index (χ1v) is 3.79. The highest BCUT2D eigenvalue weighted by molar-refractivity contribution is 4.82. The highest BCUT2D eigenvalue weighted by Gasteiger charge is 1.98. The predicted molar refractivity (Wildman–Crippen MR) is 43.4 cm³/mol. The molecular formula is C9H18. The van der Waals surface area contributed by atoms with Crippen molar-refractivity contribution in [2.24, 2.45) is 11.8 Å². The van der Waals surface area contributed by atoms with Gasteiger partial charge in [-0.05, 0) is 25.2 Å². The molecule has 0 N–H and O–H groups in total. The zero-order valence-corrected chi connectivity index (χ0v) is 7.02. The van der Waals surface area contributed by atoms with E-state index < -0.39 is 0 Å². The lowest BCUT2D eigenvalue weighted by Crippen LogP contribution is -1.95. The third-order valence-electron chi connectivity index (χ3n) is 1.36. The number of allylic oxidation sites excluding steroid dienone is 2. The minimum Gasteiger partial charge on any atom is -0.0914 e. The predicted octanol–water partition coefficient (Wildman–Crippen LogP) is 3.24. The van der Waals surface area contributed by atoms with E-state index in [1.807, 2.05) is 0 Å². The minimum absolute atomic E-state index is 0.759. The van der Waals surface area contributed by atoms with Gasteiger partial charge >= 0.3 is 0 Å². The highest BCUT2D eigenvalue weighted by Crippen LogP contribution is 2.11. The van der Waals surface area contributed by atoms with E-state index in [1.54, 1.807) is 0 Å². The van der Waals surface area contributed by atoms with Crippen LogP contribution in [0, 0.1) is 11.8 Å². The monoisotopic (exact) mass is 126 g/mol. The van der Waals surface area contributed by atoms with Crippen LogP contribution in [0.3, 0.4) is 0 Å². The Hall–Kier alpha value is -0.260. The molecule has 0 radical (unpaired) electrons. The molecule has 0 aliphatic carbocycles. The van der Waals surface area contributed by atoms with Gasteiger partial charge in [0, 0.05) is 0 Å². The fourth-order valence-electron chi connectivity index (χ4n) is 1.15. The van der Waals surface area contributed by atoms with Crippen molar-refractivity contribution in [2.75, 3.05) is 0 Å². The summed E-state index contributed by atoms with van der Waals surface area (Å²) < 4.78 is 0. The zero-order valence-electron chi connectivity index (χ0n) is 7.02. The average Bonchev–Trinajstić information content (AvgIpc) is 1.63. The van der Waals surface area contributed by atoms with E-state index in [9.17, 15) is 0 Å². The molecule has 0 saturated carbocycles. The molecule has 1 atom stereocenters. The van der Waals surface area contributed by atoms with E-state index in [4.69, 9.17) is 0 Å². The Bertz CT molecular complexity index is 80.0. The van der Waals surface area contributed by atoms with Gasteiger partial charge in [-0.3, -0.25) is 0 Å². The fourth-order valence-corrected chi connectivity index (χ4v) is 1.15. The lowest BCUT2D eigenvalue weighted by molar-refractivity contribution is 0.503. The van der Waals surface area contributed by atoms with Crippen molar-refractivity contribution in [2.45, 2.75) is 34.1 Å². The molecule has 0 heteroatoms. The van der Waals surface area contributed by atoms with Gasteiger partial charge in [0.05, 0.1) is 0 Å². The Morgan fingerprint density at radius 3 is 2.11 bits per heavy atom. The second-order valence-electron chi connectivity index (χ2n) is 3.13. The minimum atomic E-state index is 0.759. The van der Waals surface area contributed by atoms with Gasteiger partial charge in [0.1, 0.15) is 0 Å². The SMILES string of the molecule is C/C=C/C(C)CC(C)C. The van der Waals surface area contributed by atoms with Gasteiger partial charge in [0.25, 0.3) is 0 Å². The molecule has 0 heterocycles. The molecule has 0 aliphatic rings. The highest BCUT2D eigenvalue weighted by atomic mass is 14.0. The van der Waals surface area contributed by atoms with Crippen LogP contribution in [0.2, 0.25) is 0 Å². The summed E-state index contributed by atoms with van der Waals surface area (Å²) in [4.78, 5) is 0. The molecule has 54 valence electrons. The number of hydrogen-bond acceptors (Lipinski definition) is 0. The van der Waals surface area contributed by atoms with Crippen LogP contribution in [0.25, 0.3) is 0 Å². The summed E-state index contributed by atoms with van der Waals surface area (Å²) in [5.74, 6) is 1.59. The van der Waals surface area contributed by atoms with Crippen LogP contribution in [0.15, 0.2) is 12.2 Å². The van der Waals surface area contributed by atoms with E-state index in [2.05, 4.69) is 39.8 Å². The Labute approximate surface area is 59.0 Å². The van der Waals surface area contributed by atoms with E-state index in [-0.39, 0.29) is 0 Å². The van der Waals surface area contributed by atoms with Gasteiger partial charge < -0.3 is 0 Å². The molecule has 0 aromatic rings. The van der Waals surface area contributed by atoms with Crippen molar-refractivity contribution in [1.29, 1.82) is 0 Å². The van der Waals surface area contributed by atoms with Crippen LogP contribution in [0.4, 0.5) is 0 Å². The summed E-state index contributed by atoms with van der Waals surface area (Å²) >= 11 is 0. The smallest absolute Gasteiger partial charge is 0.0260 e.